The summed E-state index contributed by atoms with van der Waals surface area (Å²) in [5, 5.41) is 3.48. The zero-order chi connectivity index (χ0) is 21.2. The Labute approximate surface area is 177 Å². The Hall–Kier alpha value is -3.31. The monoisotopic (exact) mass is 419 g/mol. The number of aryl methyl sites for hydroxylation is 1. The largest absolute Gasteiger partial charge is 0.419 e. The first-order valence-electron chi connectivity index (χ1n) is 9.56. The number of ether oxygens (including phenoxy) is 2. The number of nitrogens with zero attached hydrogens (tertiary/aromatic N) is 1. The molecule has 30 heavy (non-hydrogen) atoms. The van der Waals surface area contributed by atoms with Crippen LogP contribution in [-0.4, -0.2) is 22.3 Å². The van der Waals surface area contributed by atoms with Crippen molar-refractivity contribution in [2.75, 3.05) is 0 Å². The highest BCUT2D eigenvalue weighted by atomic mass is 35.5. The number of carbonyl (C=O) groups excluding carboxylic acids is 2. The van der Waals surface area contributed by atoms with Crippen LogP contribution in [0.25, 0.3) is 32.9 Å². The molecule has 0 N–H and O–H groups in total. The molecule has 1 fully saturated rings. The third-order valence-corrected chi connectivity index (χ3v) is 5.63. The van der Waals surface area contributed by atoms with Gasteiger partial charge in [-0.15, -0.1) is 0 Å². The van der Waals surface area contributed by atoms with Gasteiger partial charge in [-0.05, 0) is 31.2 Å². The predicted octanol–water partition coefficient (Wildman–Crippen LogP) is 4.45. The maximum atomic E-state index is 12.9. The van der Waals surface area contributed by atoms with Gasteiger partial charge in [-0.2, -0.15) is 0 Å². The number of halogens is 1. The van der Waals surface area contributed by atoms with Crippen LogP contribution < -0.4 is 5.35 Å². The van der Waals surface area contributed by atoms with Gasteiger partial charge in [0.2, 0.25) is 0 Å². The van der Waals surface area contributed by atoms with Crippen LogP contribution in [0.3, 0.4) is 0 Å². The average molecular weight is 420 g/mol. The molecule has 0 aliphatic carbocycles. The van der Waals surface area contributed by atoms with Gasteiger partial charge in [-0.25, -0.2) is 9.59 Å². The zero-order valence-corrected chi connectivity index (χ0v) is 17.4. The molecule has 5 rings (SSSR count). The fourth-order valence-electron chi connectivity index (χ4n) is 4.03. The highest BCUT2D eigenvalue weighted by Gasteiger charge is 2.40. The molecule has 0 unspecified atom stereocenters. The summed E-state index contributed by atoms with van der Waals surface area (Å²) in [4.78, 5) is 25.9. The minimum absolute atomic E-state index is 0.130. The molecule has 1 saturated heterocycles. The van der Waals surface area contributed by atoms with Crippen molar-refractivity contribution in [1.29, 1.82) is 0 Å². The van der Waals surface area contributed by atoms with Gasteiger partial charge in [-0.1, -0.05) is 47.5 Å². The van der Waals surface area contributed by atoms with Crippen LogP contribution in [0.2, 0.25) is 5.02 Å². The summed E-state index contributed by atoms with van der Waals surface area (Å²) >= 11 is 6.45. The number of hydrogen-bond donors (Lipinski definition) is 0. The van der Waals surface area contributed by atoms with Gasteiger partial charge >= 0.3 is 11.9 Å². The second-order valence-electron chi connectivity index (χ2n) is 7.87. The standard InChI is InChI=1S/C24H18ClNO4/c1-13-7-9-14(10-8-13)26-18-12-11-17(25)15-5-4-6-16(19(15)18)21(26)20-22(27)29-24(2,3)30-23(20)28/h4-12H,1-3H3. The van der Waals surface area contributed by atoms with Gasteiger partial charge in [0.05, 0.1) is 10.9 Å². The van der Waals surface area contributed by atoms with Gasteiger partial charge in [-0.3, -0.25) is 0 Å². The number of aromatic nitrogens is 1. The molecule has 3 aromatic carbocycles. The summed E-state index contributed by atoms with van der Waals surface area (Å²) in [7, 11) is 0. The lowest BCUT2D eigenvalue weighted by Gasteiger charge is -2.29. The first-order chi connectivity index (χ1) is 14.3. The molecular formula is C24H18ClNO4. The molecule has 2 heterocycles. The highest BCUT2D eigenvalue weighted by Crippen LogP contribution is 2.34. The van der Waals surface area contributed by atoms with Crippen molar-refractivity contribution in [1.82, 2.24) is 4.57 Å². The maximum Gasteiger partial charge on any atom is 0.351 e. The van der Waals surface area contributed by atoms with E-state index in [1.54, 1.807) is 0 Å². The molecule has 1 aromatic heterocycles. The van der Waals surface area contributed by atoms with E-state index in [4.69, 9.17) is 21.1 Å². The lowest BCUT2D eigenvalue weighted by atomic mass is 10.1. The minimum Gasteiger partial charge on any atom is -0.419 e. The van der Waals surface area contributed by atoms with Gasteiger partial charge in [0.15, 0.2) is 5.57 Å². The second kappa shape index (κ2) is 6.34. The first kappa shape index (κ1) is 18.7. The van der Waals surface area contributed by atoms with Crippen molar-refractivity contribution < 1.29 is 19.1 Å². The molecule has 1 aliphatic rings. The Balaban J connectivity index is 2.01. The molecule has 0 atom stereocenters. The number of hydrogen-bond acceptors (Lipinski definition) is 4. The van der Waals surface area contributed by atoms with Gasteiger partial charge in [0, 0.05) is 40.7 Å². The predicted molar refractivity (Wildman–Crippen MR) is 115 cm³/mol. The Kier molecular flexibility index (Phi) is 3.95. The minimum atomic E-state index is -1.31. The van der Waals surface area contributed by atoms with Crippen LogP contribution in [0.15, 0.2) is 54.6 Å². The molecule has 5 nitrogen and oxygen atoms in total. The second-order valence-corrected chi connectivity index (χ2v) is 8.28. The summed E-state index contributed by atoms with van der Waals surface area (Å²) in [6, 6.07) is 17.2. The topological polar surface area (TPSA) is 57.5 Å². The van der Waals surface area contributed by atoms with Gasteiger partial charge in [0.1, 0.15) is 0 Å². The molecule has 0 amide bonds. The number of cyclic esters (lactones) is 2. The zero-order valence-electron chi connectivity index (χ0n) is 16.7. The number of esters is 2. The summed E-state index contributed by atoms with van der Waals surface area (Å²) in [5.41, 5.74) is 2.62. The van der Waals surface area contributed by atoms with E-state index in [9.17, 15) is 9.59 Å². The SMILES string of the molecule is Cc1ccc(-n2c(=C3C(=O)OC(C)(C)OC3=O)c3cccc4c(Cl)ccc2c43)cc1. The molecule has 0 bridgehead atoms. The van der Waals surface area contributed by atoms with E-state index in [-0.39, 0.29) is 5.57 Å². The third-order valence-electron chi connectivity index (χ3n) is 5.30. The summed E-state index contributed by atoms with van der Waals surface area (Å²) in [5.74, 6) is -2.73. The Morgan fingerprint density at radius 3 is 2.17 bits per heavy atom. The van der Waals surface area contributed by atoms with Crippen LogP contribution in [0.5, 0.6) is 0 Å². The number of benzene rings is 3. The Bertz CT molecular complexity index is 1390. The Morgan fingerprint density at radius 2 is 1.50 bits per heavy atom. The summed E-state index contributed by atoms with van der Waals surface area (Å²) in [6.07, 6.45) is 0. The quantitative estimate of drug-likeness (QED) is 0.428. The van der Waals surface area contributed by atoms with E-state index in [2.05, 4.69) is 0 Å². The van der Waals surface area contributed by atoms with Crippen molar-refractivity contribution >= 4 is 50.8 Å². The maximum absolute atomic E-state index is 12.9. The normalized spacial score (nSPS) is 16.2. The molecule has 4 aromatic rings. The lowest BCUT2D eigenvalue weighted by molar-refractivity contribution is -0.217. The fraction of sp³-hybridized carbons (Fsp3) is 0.167. The lowest BCUT2D eigenvalue weighted by Crippen LogP contribution is -2.44. The third kappa shape index (κ3) is 2.70. The van der Waals surface area contributed by atoms with Gasteiger partial charge in [0.25, 0.3) is 5.79 Å². The van der Waals surface area contributed by atoms with Crippen LogP contribution in [0.1, 0.15) is 19.4 Å². The van der Waals surface area contributed by atoms with E-state index in [0.29, 0.717) is 10.4 Å². The van der Waals surface area contributed by atoms with Crippen molar-refractivity contribution in [3.63, 3.8) is 0 Å². The summed E-state index contributed by atoms with van der Waals surface area (Å²) < 4.78 is 12.7. The molecule has 1 aliphatic heterocycles. The van der Waals surface area contributed by atoms with E-state index >= 15 is 0 Å². The average Bonchev–Trinajstić information content (AvgIpc) is 2.99. The molecule has 6 heteroatoms. The van der Waals surface area contributed by atoms with Crippen molar-refractivity contribution in [2.24, 2.45) is 0 Å². The number of rotatable bonds is 1. The number of carbonyl (C=O) groups is 2. The van der Waals surface area contributed by atoms with Gasteiger partial charge < -0.3 is 14.0 Å². The van der Waals surface area contributed by atoms with Crippen LogP contribution in [0, 0.1) is 6.92 Å². The van der Waals surface area contributed by atoms with E-state index in [0.717, 1.165) is 32.9 Å². The molecule has 0 spiro atoms. The Morgan fingerprint density at radius 1 is 0.867 bits per heavy atom. The summed E-state index contributed by atoms with van der Waals surface area (Å²) in [6.45, 7) is 5.07. The molecule has 150 valence electrons. The molecule has 0 saturated carbocycles. The first-order valence-corrected chi connectivity index (χ1v) is 9.94. The fourth-order valence-corrected chi connectivity index (χ4v) is 4.25. The molecular weight excluding hydrogens is 402 g/mol. The van der Waals surface area contributed by atoms with Crippen molar-refractivity contribution in [3.8, 4) is 5.69 Å². The van der Waals surface area contributed by atoms with Crippen LogP contribution in [-0.2, 0) is 19.1 Å². The van der Waals surface area contributed by atoms with Crippen LogP contribution >= 0.6 is 11.6 Å². The van der Waals surface area contributed by atoms with Crippen molar-refractivity contribution in [3.05, 3.63) is 70.5 Å². The molecule has 0 radical (unpaired) electrons. The highest BCUT2D eigenvalue weighted by molar-refractivity contribution is 6.40. The van der Waals surface area contributed by atoms with Crippen LogP contribution in [0.4, 0.5) is 0 Å². The van der Waals surface area contributed by atoms with Crippen molar-refractivity contribution in [2.45, 2.75) is 26.6 Å². The smallest absolute Gasteiger partial charge is 0.351 e. The van der Waals surface area contributed by atoms with E-state index < -0.39 is 17.7 Å². The van der Waals surface area contributed by atoms with E-state index in [1.807, 2.05) is 66.1 Å². The van der Waals surface area contributed by atoms with E-state index in [1.165, 1.54) is 13.8 Å².